The SMILES string of the molecule is CCC1CCC(C#N)(C(C)(O)c2ccccc2Br)C1. The Morgan fingerprint density at radius 1 is 1.53 bits per heavy atom. The fourth-order valence-corrected chi connectivity index (χ4v) is 3.93. The third kappa shape index (κ3) is 2.32. The first kappa shape index (κ1) is 14.6. The van der Waals surface area contributed by atoms with Crippen LogP contribution in [0.2, 0.25) is 0 Å². The van der Waals surface area contributed by atoms with Crippen molar-refractivity contribution in [2.75, 3.05) is 0 Å². The Labute approximate surface area is 123 Å². The van der Waals surface area contributed by atoms with E-state index in [-0.39, 0.29) is 0 Å². The van der Waals surface area contributed by atoms with Crippen LogP contribution in [0.4, 0.5) is 0 Å². The molecule has 1 aromatic carbocycles. The van der Waals surface area contributed by atoms with Crippen LogP contribution in [0.15, 0.2) is 28.7 Å². The molecule has 1 aliphatic carbocycles. The molecule has 0 spiro atoms. The predicted octanol–water partition coefficient (Wildman–Crippen LogP) is 4.38. The maximum atomic E-state index is 11.1. The summed E-state index contributed by atoms with van der Waals surface area (Å²) in [6.45, 7) is 3.94. The van der Waals surface area contributed by atoms with Crippen molar-refractivity contribution >= 4 is 15.9 Å². The molecule has 0 bridgehead atoms. The number of hydrogen-bond acceptors (Lipinski definition) is 2. The smallest absolute Gasteiger partial charge is 0.106 e. The normalized spacial score (nSPS) is 29.7. The van der Waals surface area contributed by atoms with Crippen LogP contribution in [0.25, 0.3) is 0 Å². The zero-order valence-electron chi connectivity index (χ0n) is 11.5. The summed E-state index contributed by atoms with van der Waals surface area (Å²) in [6.07, 6.45) is 3.67. The number of hydrogen-bond donors (Lipinski definition) is 1. The first-order valence-electron chi connectivity index (χ1n) is 6.85. The van der Waals surface area contributed by atoms with Gasteiger partial charge in [-0.25, -0.2) is 0 Å². The Bertz CT molecular complexity index is 506. The van der Waals surface area contributed by atoms with E-state index < -0.39 is 11.0 Å². The summed E-state index contributed by atoms with van der Waals surface area (Å²) in [7, 11) is 0. The number of nitrogens with zero attached hydrogens (tertiary/aromatic N) is 1. The minimum absolute atomic E-state index is 0.550. The molecule has 3 atom stereocenters. The number of benzene rings is 1. The Balaban J connectivity index is 2.44. The standard InChI is InChI=1S/C16H20BrNO/c1-3-12-8-9-16(10-12,11-18)15(2,19)13-6-4-5-7-14(13)17/h4-7,12,19H,3,8-10H2,1-2H3. The van der Waals surface area contributed by atoms with E-state index in [9.17, 15) is 10.4 Å². The van der Waals surface area contributed by atoms with Crippen molar-refractivity contribution in [2.45, 2.75) is 45.1 Å². The molecule has 0 aromatic heterocycles. The molecule has 3 heteroatoms. The number of rotatable bonds is 3. The molecule has 0 heterocycles. The van der Waals surface area contributed by atoms with Crippen molar-refractivity contribution in [3.05, 3.63) is 34.3 Å². The summed E-state index contributed by atoms with van der Waals surface area (Å²) in [4.78, 5) is 0. The molecular weight excluding hydrogens is 302 g/mol. The molecule has 1 N–H and O–H groups in total. The van der Waals surface area contributed by atoms with Crippen LogP contribution in [0.5, 0.6) is 0 Å². The Morgan fingerprint density at radius 3 is 2.74 bits per heavy atom. The van der Waals surface area contributed by atoms with Crippen LogP contribution in [0.3, 0.4) is 0 Å². The molecule has 0 radical (unpaired) electrons. The molecule has 1 aromatic rings. The van der Waals surface area contributed by atoms with Crippen LogP contribution in [-0.2, 0) is 5.60 Å². The maximum absolute atomic E-state index is 11.1. The van der Waals surface area contributed by atoms with Crippen molar-refractivity contribution in [3.63, 3.8) is 0 Å². The van der Waals surface area contributed by atoms with E-state index in [4.69, 9.17) is 0 Å². The lowest BCUT2D eigenvalue weighted by Gasteiger charge is -2.38. The van der Waals surface area contributed by atoms with Crippen molar-refractivity contribution < 1.29 is 5.11 Å². The van der Waals surface area contributed by atoms with Crippen LogP contribution < -0.4 is 0 Å². The lowest BCUT2D eigenvalue weighted by Crippen LogP contribution is -2.41. The van der Waals surface area contributed by atoms with E-state index in [1.165, 1.54) is 0 Å². The van der Waals surface area contributed by atoms with Crippen molar-refractivity contribution in [3.8, 4) is 6.07 Å². The molecule has 0 amide bonds. The topological polar surface area (TPSA) is 44.0 Å². The quantitative estimate of drug-likeness (QED) is 0.897. The van der Waals surface area contributed by atoms with Crippen molar-refractivity contribution in [1.29, 1.82) is 5.26 Å². The summed E-state index contributed by atoms with van der Waals surface area (Å²) >= 11 is 3.50. The second-order valence-corrected chi connectivity index (χ2v) is 6.62. The van der Waals surface area contributed by atoms with Crippen molar-refractivity contribution in [2.24, 2.45) is 11.3 Å². The fourth-order valence-electron chi connectivity index (χ4n) is 3.26. The van der Waals surface area contributed by atoms with Gasteiger partial charge in [0.1, 0.15) is 5.60 Å². The van der Waals surface area contributed by atoms with Gasteiger partial charge in [0.05, 0.1) is 11.5 Å². The van der Waals surface area contributed by atoms with Crippen LogP contribution in [0.1, 0.15) is 45.1 Å². The van der Waals surface area contributed by atoms with Crippen LogP contribution >= 0.6 is 15.9 Å². The molecule has 1 saturated carbocycles. The highest BCUT2D eigenvalue weighted by Crippen LogP contribution is 2.54. The van der Waals surface area contributed by atoms with E-state index in [1.54, 1.807) is 6.92 Å². The second kappa shape index (κ2) is 5.26. The summed E-state index contributed by atoms with van der Waals surface area (Å²) < 4.78 is 0.870. The number of nitriles is 1. The monoisotopic (exact) mass is 321 g/mol. The van der Waals surface area contributed by atoms with Gasteiger partial charge in [-0.1, -0.05) is 47.5 Å². The van der Waals surface area contributed by atoms with Gasteiger partial charge in [-0.05, 0) is 43.7 Å². The molecule has 1 aliphatic rings. The van der Waals surface area contributed by atoms with Gasteiger partial charge < -0.3 is 5.11 Å². The average Bonchev–Trinajstić information content (AvgIpc) is 2.84. The molecule has 2 nitrogen and oxygen atoms in total. The van der Waals surface area contributed by atoms with Gasteiger partial charge in [0, 0.05) is 4.47 Å². The molecule has 102 valence electrons. The maximum Gasteiger partial charge on any atom is 0.106 e. The lowest BCUT2D eigenvalue weighted by atomic mass is 9.68. The Hall–Kier alpha value is -0.850. The summed E-state index contributed by atoms with van der Waals surface area (Å²) in [5.41, 5.74) is -0.975. The van der Waals surface area contributed by atoms with Crippen LogP contribution in [0, 0.1) is 22.7 Å². The lowest BCUT2D eigenvalue weighted by molar-refractivity contribution is -0.0448. The highest BCUT2D eigenvalue weighted by Gasteiger charge is 2.53. The fraction of sp³-hybridized carbons (Fsp3) is 0.562. The molecule has 1 fully saturated rings. The predicted molar refractivity (Wildman–Crippen MR) is 79.4 cm³/mol. The van der Waals surface area contributed by atoms with Gasteiger partial charge in [-0.3, -0.25) is 0 Å². The summed E-state index contributed by atoms with van der Waals surface area (Å²) in [6, 6.07) is 10.1. The van der Waals surface area contributed by atoms with Crippen LogP contribution in [-0.4, -0.2) is 5.11 Å². The largest absolute Gasteiger partial charge is 0.384 e. The van der Waals surface area contributed by atoms with E-state index in [1.807, 2.05) is 24.3 Å². The van der Waals surface area contributed by atoms with E-state index >= 15 is 0 Å². The van der Waals surface area contributed by atoms with E-state index in [0.29, 0.717) is 5.92 Å². The first-order chi connectivity index (χ1) is 8.97. The second-order valence-electron chi connectivity index (χ2n) is 5.76. The van der Waals surface area contributed by atoms with Gasteiger partial charge in [-0.15, -0.1) is 0 Å². The number of aliphatic hydroxyl groups is 1. The van der Waals surface area contributed by atoms with E-state index in [0.717, 1.165) is 35.7 Å². The van der Waals surface area contributed by atoms with Gasteiger partial charge in [0.2, 0.25) is 0 Å². The number of halogens is 1. The highest BCUT2D eigenvalue weighted by molar-refractivity contribution is 9.10. The first-order valence-corrected chi connectivity index (χ1v) is 7.65. The third-order valence-electron chi connectivity index (χ3n) is 4.74. The zero-order valence-corrected chi connectivity index (χ0v) is 13.1. The molecule has 0 aliphatic heterocycles. The Kier molecular flexibility index (Phi) is 4.03. The summed E-state index contributed by atoms with van der Waals surface area (Å²) in [5.74, 6) is 0.550. The minimum atomic E-state index is -1.12. The molecular formula is C16H20BrNO. The highest BCUT2D eigenvalue weighted by atomic mass is 79.9. The van der Waals surface area contributed by atoms with E-state index in [2.05, 4.69) is 28.9 Å². The van der Waals surface area contributed by atoms with Gasteiger partial charge in [0.15, 0.2) is 0 Å². The minimum Gasteiger partial charge on any atom is -0.384 e. The zero-order chi connectivity index (χ0) is 14.1. The molecule has 0 saturated heterocycles. The average molecular weight is 322 g/mol. The Morgan fingerprint density at radius 2 is 2.21 bits per heavy atom. The molecule has 3 unspecified atom stereocenters. The van der Waals surface area contributed by atoms with Gasteiger partial charge in [0.25, 0.3) is 0 Å². The summed E-state index contributed by atoms with van der Waals surface area (Å²) in [5, 5.41) is 20.8. The van der Waals surface area contributed by atoms with Crippen molar-refractivity contribution in [1.82, 2.24) is 0 Å². The van der Waals surface area contributed by atoms with Gasteiger partial charge in [-0.2, -0.15) is 5.26 Å². The third-order valence-corrected chi connectivity index (χ3v) is 5.43. The van der Waals surface area contributed by atoms with Gasteiger partial charge >= 0.3 is 0 Å². The molecule has 19 heavy (non-hydrogen) atoms. The molecule has 2 rings (SSSR count).